The van der Waals surface area contributed by atoms with E-state index in [-0.39, 0.29) is 29.2 Å². The van der Waals surface area contributed by atoms with Crippen LogP contribution in [0.2, 0.25) is 0 Å². The predicted molar refractivity (Wildman–Crippen MR) is 48.6 cm³/mol. The van der Waals surface area contributed by atoms with Crippen molar-refractivity contribution in [3.8, 4) is 0 Å². The highest BCUT2D eigenvalue weighted by atomic mass is 35.5. The minimum absolute atomic E-state index is 0.0247. The lowest BCUT2D eigenvalue weighted by Crippen LogP contribution is -2.05. The number of carbonyl (C=O) groups is 1. The van der Waals surface area contributed by atoms with E-state index in [1.54, 1.807) is 0 Å². The molecule has 1 aromatic rings. The Morgan fingerprint density at radius 2 is 2.29 bits per heavy atom. The minimum atomic E-state index is -2.76. The molecule has 0 saturated carbocycles. The summed E-state index contributed by atoms with van der Waals surface area (Å²) in [6, 6.07) is 1.08. The second kappa shape index (κ2) is 4.32. The zero-order chi connectivity index (χ0) is 10.7. The number of alkyl halides is 3. The largest absolute Gasteiger partial charge is 0.383 e. The van der Waals surface area contributed by atoms with E-state index in [0.29, 0.717) is 0 Å². The molecule has 14 heavy (non-hydrogen) atoms. The van der Waals surface area contributed by atoms with Gasteiger partial charge in [0.15, 0.2) is 6.29 Å². The van der Waals surface area contributed by atoms with E-state index in [0.717, 1.165) is 6.07 Å². The third-order valence-corrected chi connectivity index (χ3v) is 1.94. The molecule has 3 nitrogen and oxygen atoms in total. The van der Waals surface area contributed by atoms with Gasteiger partial charge in [-0.15, -0.1) is 11.6 Å². The molecule has 76 valence electrons. The summed E-state index contributed by atoms with van der Waals surface area (Å²) in [6.07, 6.45) is -2.50. The Morgan fingerprint density at radius 3 is 2.71 bits per heavy atom. The molecule has 2 N–H and O–H groups in total. The van der Waals surface area contributed by atoms with E-state index >= 15 is 0 Å². The summed E-state index contributed by atoms with van der Waals surface area (Å²) in [5, 5.41) is 0. The molecular weight excluding hydrogens is 214 g/mol. The molecule has 1 aromatic heterocycles. The van der Waals surface area contributed by atoms with Gasteiger partial charge in [-0.25, -0.2) is 13.8 Å². The van der Waals surface area contributed by atoms with E-state index in [9.17, 15) is 13.6 Å². The van der Waals surface area contributed by atoms with Crippen molar-refractivity contribution >= 4 is 23.7 Å². The van der Waals surface area contributed by atoms with Crippen LogP contribution in [0.25, 0.3) is 0 Å². The normalized spacial score (nSPS) is 10.6. The van der Waals surface area contributed by atoms with Crippen molar-refractivity contribution in [1.82, 2.24) is 4.98 Å². The summed E-state index contributed by atoms with van der Waals surface area (Å²) in [6.45, 7) is 0. The molecule has 0 aliphatic rings. The topological polar surface area (TPSA) is 56.0 Å². The SMILES string of the molecule is Nc1nc(CCl)cc(C(F)F)c1C=O. The Labute approximate surface area is 83.9 Å². The number of anilines is 1. The highest BCUT2D eigenvalue weighted by molar-refractivity contribution is 6.16. The number of carbonyl (C=O) groups excluding carboxylic acids is 1. The van der Waals surface area contributed by atoms with Gasteiger partial charge in [0.2, 0.25) is 0 Å². The number of pyridine rings is 1. The van der Waals surface area contributed by atoms with Crippen molar-refractivity contribution in [2.45, 2.75) is 12.3 Å². The van der Waals surface area contributed by atoms with Gasteiger partial charge >= 0.3 is 0 Å². The van der Waals surface area contributed by atoms with Crippen LogP contribution < -0.4 is 5.73 Å². The molecule has 0 fully saturated rings. The third-order valence-electron chi connectivity index (χ3n) is 1.66. The van der Waals surface area contributed by atoms with Crippen molar-refractivity contribution in [3.63, 3.8) is 0 Å². The minimum Gasteiger partial charge on any atom is -0.383 e. The lowest BCUT2D eigenvalue weighted by Gasteiger charge is -2.07. The van der Waals surface area contributed by atoms with Crippen LogP contribution in [0.3, 0.4) is 0 Å². The van der Waals surface area contributed by atoms with Gasteiger partial charge in [-0.2, -0.15) is 0 Å². The second-order valence-electron chi connectivity index (χ2n) is 2.55. The van der Waals surface area contributed by atoms with Gasteiger partial charge in [0.05, 0.1) is 17.1 Å². The molecular formula is C8H7ClF2N2O. The zero-order valence-corrected chi connectivity index (χ0v) is 7.76. The average Bonchev–Trinajstić information content (AvgIpc) is 2.16. The lowest BCUT2D eigenvalue weighted by molar-refractivity contribution is 0.110. The molecule has 0 unspecified atom stereocenters. The first kappa shape index (κ1) is 10.8. The molecule has 0 spiro atoms. The van der Waals surface area contributed by atoms with E-state index < -0.39 is 12.0 Å². The standard InChI is InChI=1S/C8H7ClF2N2O/c9-2-4-1-5(7(10)11)6(3-14)8(12)13-4/h1,3,7H,2H2,(H2,12,13). The van der Waals surface area contributed by atoms with Gasteiger partial charge in [0, 0.05) is 5.56 Å². The maximum absolute atomic E-state index is 12.4. The molecule has 1 rings (SSSR count). The van der Waals surface area contributed by atoms with Crippen LogP contribution >= 0.6 is 11.6 Å². The number of hydrogen-bond acceptors (Lipinski definition) is 3. The van der Waals surface area contributed by atoms with Gasteiger partial charge < -0.3 is 5.73 Å². The summed E-state index contributed by atoms with van der Waals surface area (Å²) in [4.78, 5) is 14.2. The monoisotopic (exact) mass is 220 g/mol. The molecule has 0 aliphatic carbocycles. The number of nitrogens with zero attached hydrogens (tertiary/aromatic N) is 1. The molecule has 0 radical (unpaired) electrons. The van der Waals surface area contributed by atoms with Crippen LogP contribution in [0.15, 0.2) is 6.07 Å². The van der Waals surface area contributed by atoms with E-state index in [1.165, 1.54) is 0 Å². The fraction of sp³-hybridized carbons (Fsp3) is 0.250. The fourth-order valence-electron chi connectivity index (χ4n) is 1.03. The first-order valence-electron chi connectivity index (χ1n) is 3.68. The highest BCUT2D eigenvalue weighted by Gasteiger charge is 2.17. The van der Waals surface area contributed by atoms with Gasteiger partial charge in [0.1, 0.15) is 5.82 Å². The zero-order valence-electron chi connectivity index (χ0n) is 7.01. The highest BCUT2D eigenvalue weighted by Crippen LogP contribution is 2.25. The quantitative estimate of drug-likeness (QED) is 0.627. The smallest absolute Gasteiger partial charge is 0.264 e. The van der Waals surface area contributed by atoms with Crippen LogP contribution in [0.4, 0.5) is 14.6 Å². The summed E-state index contributed by atoms with van der Waals surface area (Å²) < 4.78 is 24.9. The van der Waals surface area contributed by atoms with Crippen molar-refractivity contribution in [2.24, 2.45) is 0 Å². The van der Waals surface area contributed by atoms with Crippen LogP contribution in [-0.4, -0.2) is 11.3 Å². The number of hydrogen-bond donors (Lipinski definition) is 1. The number of nitrogen functional groups attached to an aromatic ring is 1. The molecule has 1 heterocycles. The fourth-order valence-corrected chi connectivity index (χ4v) is 1.17. The van der Waals surface area contributed by atoms with Crippen molar-refractivity contribution in [3.05, 3.63) is 22.9 Å². The maximum Gasteiger partial charge on any atom is 0.264 e. The van der Waals surface area contributed by atoms with Crippen LogP contribution in [0.5, 0.6) is 0 Å². The summed E-state index contributed by atoms with van der Waals surface area (Å²) in [7, 11) is 0. The van der Waals surface area contributed by atoms with Crippen molar-refractivity contribution in [1.29, 1.82) is 0 Å². The Kier molecular flexibility index (Phi) is 3.35. The Balaban J connectivity index is 3.35. The first-order valence-corrected chi connectivity index (χ1v) is 4.22. The molecule has 0 amide bonds. The van der Waals surface area contributed by atoms with Crippen molar-refractivity contribution in [2.75, 3.05) is 5.73 Å². The first-order chi connectivity index (χ1) is 6.60. The Bertz CT molecular complexity index is 357. The summed E-state index contributed by atoms with van der Waals surface area (Å²) in [5.41, 5.74) is 4.84. The number of nitrogens with two attached hydrogens (primary N) is 1. The summed E-state index contributed by atoms with van der Waals surface area (Å²) >= 11 is 5.42. The third kappa shape index (κ3) is 1.98. The number of halogens is 3. The molecule has 0 aliphatic heterocycles. The molecule has 0 aromatic carbocycles. The second-order valence-corrected chi connectivity index (χ2v) is 2.82. The van der Waals surface area contributed by atoms with E-state index in [2.05, 4.69) is 4.98 Å². The van der Waals surface area contributed by atoms with Gasteiger partial charge in [-0.3, -0.25) is 4.79 Å². The molecule has 0 bridgehead atoms. The number of aldehydes is 1. The van der Waals surface area contributed by atoms with Crippen LogP contribution in [0.1, 0.15) is 28.0 Å². The van der Waals surface area contributed by atoms with E-state index in [4.69, 9.17) is 17.3 Å². The molecule has 0 saturated heterocycles. The Morgan fingerprint density at radius 1 is 1.64 bits per heavy atom. The van der Waals surface area contributed by atoms with Gasteiger partial charge in [-0.05, 0) is 6.07 Å². The molecule has 0 atom stereocenters. The average molecular weight is 221 g/mol. The van der Waals surface area contributed by atoms with Crippen LogP contribution in [0, 0.1) is 0 Å². The maximum atomic E-state index is 12.4. The lowest BCUT2D eigenvalue weighted by atomic mass is 10.1. The van der Waals surface area contributed by atoms with Crippen molar-refractivity contribution < 1.29 is 13.6 Å². The number of rotatable bonds is 3. The van der Waals surface area contributed by atoms with E-state index in [1.807, 2.05) is 0 Å². The summed E-state index contributed by atoms with van der Waals surface area (Å²) in [5.74, 6) is -0.239. The Hall–Kier alpha value is -1.23. The van der Waals surface area contributed by atoms with Gasteiger partial charge in [0.25, 0.3) is 6.43 Å². The van der Waals surface area contributed by atoms with Crippen LogP contribution in [-0.2, 0) is 5.88 Å². The van der Waals surface area contributed by atoms with Gasteiger partial charge in [-0.1, -0.05) is 0 Å². The number of aromatic nitrogens is 1. The molecule has 6 heteroatoms. The predicted octanol–water partition coefficient (Wildman–Crippen LogP) is 2.15.